The van der Waals surface area contributed by atoms with Crippen molar-refractivity contribution in [2.45, 2.75) is 13.3 Å². The zero-order valence-corrected chi connectivity index (χ0v) is 6.34. The third kappa shape index (κ3) is 1.20. The Hall–Kier alpha value is -0.790. The largest absolute Gasteiger partial charge is 0.339 e. The molecule has 0 N–H and O–H groups in total. The molecule has 0 aromatic rings. The van der Waals surface area contributed by atoms with Gasteiger partial charge in [-0.15, -0.1) is 6.58 Å². The molecule has 2 heteroatoms. The summed E-state index contributed by atoms with van der Waals surface area (Å²) < 4.78 is 0. The first-order valence-electron chi connectivity index (χ1n) is 3.65. The molecule has 1 unspecified atom stereocenters. The number of likely N-dealkylation sites (tertiary alicyclic amines) is 1. The minimum atomic E-state index is 0.236. The van der Waals surface area contributed by atoms with Crippen molar-refractivity contribution in [3.05, 3.63) is 12.7 Å². The lowest BCUT2D eigenvalue weighted by atomic mass is 10.1. The molecule has 0 aromatic heterocycles. The monoisotopic (exact) mass is 139 g/mol. The Morgan fingerprint density at radius 3 is 3.00 bits per heavy atom. The summed E-state index contributed by atoms with van der Waals surface area (Å²) in [6.45, 7) is 7.19. The van der Waals surface area contributed by atoms with Crippen molar-refractivity contribution < 1.29 is 4.79 Å². The number of rotatable bonds is 2. The SMILES string of the molecule is C=CCN1CCC(C)C1=O. The molecule has 1 saturated heterocycles. The maximum absolute atomic E-state index is 11.2. The van der Waals surface area contributed by atoms with E-state index in [-0.39, 0.29) is 11.8 Å². The fourth-order valence-corrected chi connectivity index (χ4v) is 1.23. The summed E-state index contributed by atoms with van der Waals surface area (Å²) in [4.78, 5) is 13.0. The van der Waals surface area contributed by atoms with Gasteiger partial charge in [-0.3, -0.25) is 4.79 Å². The average Bonchev–Trinajstić information content (AvgIpc) is 2.20. The Labute approximate surface area is 61.5 Å². The minimum Gasteiger partial charge on any atom is -0.339 e. The second kappa shape index (κ2) is 2.86. The van der Waals surface area contributed by atoms with Gasteiger partial charge in [0.1, 0.15) is 0 Å². The Kier molecular flexibility index (Phi) is 2.10. The zero-order chi connectivity index (χ0) is 7.56. The van der Waals surface area contributed by atoms with E-state index in [1.807, 2.05) is 11.8 Å². The molecule has 1 aliphatic heterocycles. The van der Waals surface area contributed by atoms with Crippen molar-refractivity contribution in [1.82, 2.24) is 4.90 Å². The molecular weight excluding hydrogens is 126 g/mol. The highest BCUT2D eigenvalue weighted by Crippen LogP contribution is 2.15. The number of carbonyl (C=O) groups is 1. The summed E-state index contributed by atoms with van der Waals surface area (Å²) in [7, 11) is 0. The van der Waals surface area contributed by atoms with E-state index in [4.69, 9.17) is 0 Å². The third-order valence-corrected chi connectivity index (χ3v) is 1.91. The van der Waals surface area contributed by atoms with Crippen LogP contribution in [0, 0.1) is 5.92 Å². The normalized spacial score (nSPS) is 25.5. The molecule has 0 aliphatic carbocycles. The summed E-state index contributed by atoms with van der Waals surface area (Å²) in [5.41, 5.74) is 0. The molecule has 2 nitrogen and oxygen atoms in total. The van der Waals surface area contributed by atoms with Crippen LogP contribution in [0.15, 0.2) is 12.7 Å². The van der Waals surface area contributed by atoms with Crippen LogP contribution < -0.4 is 0 Å². The lowest BCUT2D eigenvalue weighted by Crippen LogP contribution is -2.26. The van der Waals surface area contributed by atoms with Crippen molar-refractivity contribution >= 4 is 5.91 Å². The highest BCUT2D eigenvalue weighted by Gasteiger charge is 2.26. The minimum absolute atomic E-state index is 0.236. The Morgan fingerprint density at radius 1 is 1.90 bits per heavy atom. The first-order valence-corrected chi connectivity index (χ1v) is 3.65. The summed E-state index contributed by atoms with van der Waals surface area (Å²) >= 11 is 0. The second-order valence-electron chi connectivity index (χ2n) is 2.76. The number of nitrogens with zero attached hydrogens (tertiary/aromatic N) is 1. The maximum Gasteiger partial charge on any atom is 0.225 e. The van der Waals surface area contributed by atoms with Crippen LogP contribution >= 0.6 is 0 Å². The summed E-state index contributed by atoms with van der Waals surface area (Å²) in [6, 6.07) is 0. The number of amides is 1. The van der Waals surface area contributed by atoms with Crippen molar-refractivity contribution in [2.75, 3.05) is 13.1 Å². The van der Waals surface area contributed by atoms with Gasteiger partial charge in [0.05, 0.1) is 0 Å². The van der Waals surface area contributed by atoms with Crippen LogP contribution in [-0.4, -0.2) is 23.9 Å². The average molecular weight is 139 g/mol. The van der Waals surface area contributed by atoms with Crippen LogP contribution in [-0.2, 0) is 4.79 Å². The van der Waals surface area contributed by atoms with Gasteiger partial charge in [-0.25, -0.2) is 0 Å². The molecule has 1 heterocycles. The van der Waals surface area contributed by atoms with Crippen molar-refractivity contribution in [3.8, 4) is 0 Å². The van der Waals surface area contributed by atoms with E-state index < -0.39 is 0 Å². The fraction of sp³-hybridized carbons (Fsp3) is 0.625. The lowest BCUT2D eigenvalue weighted by Gasteiger charge is -2.12. The molecule has 0 spiro atoms. The standard InChI is InChI=1S/C8H13NO/c1-3-5-9-6-4-7(2)8(9)10/h3,7H,1,4-6H2,2H3. The molecule has 0 saturated carbocycles. The molecule has 1 rings (SSSR count). The van der Waals surface area contributed by atoms with Gasteiger partial charge >= 0.3 is 0 Å². The quantitative estimate of drug-likeness (QED) is 0.523. The molecule has 0 aromatic carbocycles. The topological polar surface area (TPSA) is 20.3 Å². The van der Waals surface area contributed by atoms with Crippen LogP contribution in [0.1, 0.15) is 13.3 Å². The molecule has 0 radical (unpaired) electrons. The van der Waals surface area contributed by atoms with Crippen LogP contribution in [0.4, 0.5) is 0 Å². The van der Waals surface area contributed by atoms with E-state index in [0.717, 1.165) is 13.0 Å². The smallest absolute Gasteiger partial charge is 0.225 e. The Balaban J connectivity index is 2.48. The first-order chi connectivity index (χ1) is 4.75. The molecule has 56 valence electrons. The highest BCUT2D eigenvalue weighted by atomic mass is 16.2. The highest BCUT2D eigenvalue weighted by molar-refractivity contribution is 5.80. The predicted octanol–water partition coefficient (Wildman–Crippen LogP) is 1.04. The van der Waals surface area contributed by atoms with Crippen molar-refractivity contribution in [2.24, 2.45) is 5.92 Å². The van der Waals surface area contributed by atoms with Crippen LogP contribution in [0.3, 0.4) is 0 Å². The molecule has 1 fully saturated rings. The molecule has 1 aliphatic rings. The first kappa shape index (κ1) is 7.32. The zero-order valence-electron chi connectivity index (χ0n) is 6.34. The third-order valence-electron chi connectivity index (χ3n) is 1.91. The predicted molar refractivity (Wildman–Crippen MR) is 40.6 cm³/mol. The van der Waals surface area contributed by atoms with Gasteiger partial charge in [-0.05, 0) is 6.42 Å². The van der Waals surface area contributed by atoms with Gasteiger partial charge in [0, 0.05) is 19.0 Å². The Morgan fingerprint density at radius 2 is 2.60 bits per heavy atom. The van der Waals surface area contributed by atoms with Gasteiger partial charge in [-0.1, -0.05) is 13.0 Å². The van der Waals surface area contributed by atoms with Crippen LogP contribution in [0.2, 0.25) is 0 Å². The van der Waals surface area contributed by atoms with Gasteiger partial charge in [0.25, 0.3) is 0 Å². The number of hydrogen-bond acceptors (Lipinski definition) is 1. The molecule has 1 amide bonds. The summed E-state index contributed by atoms with van der Waals surface area (Å²) in [5, 5.41) is 0. The summed E-state index contributed by atoms with van der Waals surface area (Å²) in [5.74, 6) is 0.514. The number of hydrogen-bond donors (Lipinski definition) is 0. The van der Waals surface area contributed by atoms with Gasteiger partial charge in [0.15, 0.2) is 0 Å². The van der Waals surface area contributed by atoms with Crippen LogP contribution in [0.25, 0.3) is 0 Å². The van der Waals surface area contributed by atoms with E-state index in [9.17, 15) is 4.79 Å². The van der Waals surface area contributed by atoms with E-state index in [1.165, 1.54) is 0 Å². The van der Waals surface area contributed by atoms with Crippen molar-refractivity contribution in [3.63, 3.8) is 0 Å². The maximum atomic E-state index is 11.2. The van der Waals surface area contributed by atoms with E-state index in [0.29, 0.717) is 6.54 Å². The van der Waals surface area contributed by atoms with Gasteiger partial charge in [-0.2, -0.15) is 0 Å². The van der Waals surface area contributed by atoms with Crippen molar-refractivity contribution in [1.29, 1.82) is 0 Å². The number of carbonyl (C=O) groups excluding carboxylic acids is 1. The summed E-state index contributed by atoms with van der Waals surface area (Å²) in [6.07, 6.45) is 2.78. The van der Waals surface area contributed by atoms with E-state index in [2.05, 4.69) is 6.58 Å². The van der Waals surface area contributed by atoms with Gasteiger partial charge < -0.3 is 4.90 Å². The molecule has 1 atom stereocenters. The molecule has 0 bridgehead atoms. The Bertz CT molecular complexity index is 153. The lowest BCUT2D eigenvalue weighted by molar-refractivity contribution is -0.130. The second-order valence-corrected chi connectivity index (χ2v) is 2.76. The van der Waals surface area contributed by atoms with Gasteiger partial charge in [0.2, 0.25) is 5.91 Å². The van der Waals surface area contributed by atoms with E-state index in [1.54, 1.807) is 6.08 Å². The molecule has 10 heavy (non-hydrogen) atoms. The van der Waals surface area contributed by atoms with Crippen LogP contribution in [0.5, 0.6) is 0 Å². The van der Waals surface area contributed by atoms with E-state index >= 15 is 0 Å². The fourth-order valence-electron chi connectivity index (χ4n) is 1.23. The molecular formula is C8H13NO.